The number of carbonyl (C=O) groups excluding carboxylic acids is 1. The van der Waals surface area contributed by atoms with E-state index < -0.39 is 5.54 Å². The Morgan fingerprint density at radius 3 is 2.58 bits per heavy atom. The molecule has 0 unspecified atom stereocenters. The van der Waals surface area contributed by atoms with Gasteiger partial charge in [-0.05, 0) is 43.5 Å². The Labute approximate surface area is 152 Å². The summed E-state index contributed by atoms with van der Waals surface area (Å²) in [6.45, 7) is 2.68. The van der Waals surface area contributed by atoms with Crippen molar-refractivity contribution in [1.82, 2.24) is 5.32 Å². The van der Waals surface area contributed by atoms with Crippen molar-refractivity contribution < 1.29 is 23.8 Å². The van der Waals surface area contributed by atoms with Crippen LogP contribution in [0.5, 0.6) is 11.5 Å². The molecule has 4 rings (SSSR count). The van der Waals surface area contributed by atoms with Crippen LogP contribution in [0, 0.1) is 6.92 Å². The fourth-order valence-corrected chi connectivity index (χ4v) is 3.93. The smallest absolute Gasteiger partial charge is 0.287 e. The molecule has 26 heavy (non-hydrogen) atoms. The zero-order chi connectivity index (χ0) is 18.1. The third kappa shape index (κ3) is 2.94. The zero-order valence-electron chi connectivity index (χ0n) is 14.8. The van der Waals surface area contributed by atoms with Crippen molar-refractivity contribution in [2.45, 2.75) is 44.8 Å². The molecule has 1 aliphatic heterocycles. The fraction of sp³-hybridized carbons (Fsp3) is 0.450. The van der Waals surface area contributed by atoms with Gasteiger partial charge in [-0.3, -0.25) is 4.79 Å². The van der Waals surface area contributed by atoms with Crippen molar-refractivity contribution in [1.29, 1.82) is 0 Å². The fourth-order valence-electron chi connectivity index (χ4n) is 3.93. The number of aliphatic hydroxyl groups is 1. The van der Waals surface area contributed by atoms with E-state index in [4.69, 9.17) is 13.9 Å². The lowest BCUT2D eigenvalue weighted by Gasteiger charge is -2.32. The number of aryl methyl sites for hydroxylation is 1. The van der Waals surface area contributed by atoms with Crippen molar-refractivity contribution in [2.75, 3.05) is 13.2 Å². The summed E-state index contributed by atoms with van der Waals surface area (Å²) in [5.41, 5.74) is 1.31. The van der Waals surface area contributed by atoms with Crippen LogP contribution in [0.15, 0.2) is 28.7 Å². The molecule has 2 aliphatic rings. The summed E-state index contributed by atoms with van der Waals surface area (Å²) in [7, 11) is 0. The van der Waals surface area contributed by atoms with Crippen LogP contribution in [0.2, 0.25) is 0 Å². The molecule has 2 heterocycles. The highest BCUT2D eigenvalue weighted by molar-refractivity contribution is 5.93. The van der Waals surface area contributed by atoms with Crippen LogP contribution in [0.3, 0.4) is 0 Å². The highest BCUT2D eigenvalue weighted by Crippen LogP contribution is 2.42. The lowest BCUT2D eigenvalue weighted by Crippen LogP contribution is -2.44. The van der Waals surface area contributed by atoms with Gasteiger partial charge in [0, 0.05) is 5.56 Å². The largest absolute Gasteiger partial charge is 0.486 e. The number of carbonyl (C=O) groups is 1. The van der Waals surface area contributed by atoms with Gasteiger partial charge in [-0.1, -0.05) is 18.9 Å². The molecule has 0 saturated heterocycles. The third-order valence-electron chi connectivity index (χ3n) is 5.24. The Kier molecular flexibility index (Phi) is 4.36. The first-order valence-corrected chi connectivity index (χ1v) is 9.04. The monoisotopic (exact) mass is 357 g/mol. The summed E-state index contributed by atoms with van der Waals surface area (Å²) in [4.78, 5) is 12.9. The quantitative estimate of drug-likeness (QED) is 0.879. The standard InChI is InChI=1S/C20H23NO5/c1-13-10-15(12-22)26-18(13)19(23)21-20(6-2-3-7-20)14-4-5-16-17(11-14)25-9-8-24-16/h4-5,10-11,22H,2-3,6-9,12H2,1H3,(H,21,23). The number of amides is 1. The number of benzene rings is 1. The van der Waals surface area contributed by atoms with E-state index in [2.05, 4.69) is 5.32 Å². The Morgan fingerprint density at radius 2 is 1.88 bits per heavy atom. The lowest BCUT2D eigenvalue weighted by atomic mass is 9.87. The van der Waals surface area contributed by atoms with Crippen LogP contribution in [-0.4, -0.2) is 24.2 Å². The molecular formula is C20H23NO5. The minimum Gasteiger partial charge on any atom is -0.486 e. The summed E-state index contributed by atoms with van der Waals surface area (Å²) >= 11 is 0. The number of ether oxygens (including phenoxy) is 2. The van der Waals surface area contributed by atoms with Gasteiger partial charge in [0.05, 0.1) is 5.54 Å². The van der Waals surface area contributed by atoms with E-state index in [-0.39, 0.29) is 18.3 Å². The number of hydrogen-bond donors (Lipinski definition) is 2. The van der Waals surface area contributed by atoms with Crippen molar-refractivity contribution >= 4 is 5.91 Å². The number of fused-ring (bicyclic) bond motifs is 1. The molecular weight excluding hydrogens is 334 g/mol. The predicted octanol–water partition coefficient (Wildman–Crippen LogP) is 3.05. The van der Waals surface area contributed by atoms with Gasteiger partial charge < -0.3 is 24.3 Å². The summed E-state index contributed by atoms with van der Waals surface area (Å²) in [5.74, 6) is 1.88. The van der Waals surface area contributed by atoms with E-state index in [1.807, 2.05) is 25.1 Å². The number of aliphatic hydroxyl groups excluding tert-OH is 1. The number of hydrogen-bond acceptors (Lipinski definition) is 5. The van der Waals surface area contributed by atoms with E-state index in [0.29, 0.717) is 19.0 Å². The SMILES string of the molecule is Cc1cc(CO)oc1C(=O)NC1(c2ccc3c(c2)OCCO3)CCCC1. The highest BCUT2D eigenvalue weighted by atomic mass is 16.6. The molecule has 1 aromatic carbocycles. The molecule has 1 fully saturated rings. The van der Waals surface area contributed by atoms with Crippen LogP contribution in [0.4, 0.5) is 0 Å². The first-order valence-electron chi connectivity index (χ1n) is 9.04. The van der Waals surface area contributed by atoms with Gasteiger partial charge in [0.25, 0.3) is 5.91 Å². The zero-order valence-corrected chi connectivity index (χ0v) is 14.8. The summed E-state index contributed by atoms with van der Waals surface area (Å²) in [5, 5.41) is 12.4. The normalized spacial score (nSPS) is 17.9. The van der Waals surface area contributed by atoms with E-state index in [9.17, 15) is 9.90 Å². The van der Waals surface area contributed by atoms with Crippen molar-refractivity contribution in [3.63, 3.8) is 0 Å². The van der Waals surface area contributed by atoms with Gasteiger partial charge in [0.2, 0.25) is 0 Å². The first-order chi connectivity index (χ1) is 12.6. The topological polar surface area (TPSA) is 80.9 Å². The van der Waals surface area contributed by atoms with Crippen LogP contribution in [-0.2, 0) is 12.1 Å². The molecule has 6 heteroatoms. The average molecular weight is 357 g/mol. The molecule has 6 nitrogen and oxygen atoms in total. The molecule has 1 amide bonds. The Hall–Kier alpha value is -2.47. The lowest BCUT2D eigenvalue weighted by molar-refractivity contribution is 0.0863. The van der Waals surface area contributed by atoms with Gasteiger partial charge in [-0.2, -0.15) is 0 Å². The molecule has 138 valence electrons. The second-order valence-corrected chi connectivity index (χ2v) is 6.98. The molecule has 0 spiro atoms. The Morgan fingerprint density at radius 1 is 1.15 bits per heavy atom. The van der Waals surface area contributed by atoms with Gasteiger partial charge in [-0.15, -0.1) is 0 Å². The van der Waals surface area contributed by atoms with Crippen LogP contribution in [0.25, 0.3) is 0 Å². The predicted molar refractivity (Wildman–Crippen MR) is 94.4 cm³/mol. The van der Waals surface area contributed by atoms with Crippen LogP contribution in [0.1, 0.15) is 53.1 Å². The van der Waals surface area contributed by atoms with Crippen molar-refractivity contribution in [3.8, 4) is 11.5 Å². The molecule has 1 aliphatic carbocycles. The van der Waals surface area contributed by atoms with Crippen molar-refractivity contribution in [3.05, 3.63) is 46.9 Å². The number of furan rings is 1. The minimum atomic E-state index is -0.439. The maximum absolute atomic E-state index is 12.9. The van der Waals surface area contributed by atoms with Gasteiger partial charge >= 0.3 is 0 Å². The Balaban J connectivity index is 1.64. The van der Waals surface area contributed by atoms with Crippen LogP contribution < -0.4 is 14.8 Å². The third-order valence-corrected chi connectivity index (χ3v) is 5.24. The molecule has 0 atom stereocenters. The summed E-state index contributed by atoms with van der Waals surface area (Å²) < 4.78 is 16.8. The maximum Gasteiger partial charge on any atom is 0.287 e. The number of nitrogens with one attached hydrogen (secondary N) is 1. The van der Waals surface area contributed by atoms with E-state index in [1.54, 1.807) is 6.07 Å². The van der Waals surface area contributed by atoms with Gasteiger partial charge in [-0.25, -0.2) is 0 Å². The van der Waals surface area contributed by atoms with E-state index >= 15 is 0 Å². The second kappa shape index (κ2) is 6.68. The molecule has 1 aromatic heterocycles. The maximum atomic E-state index is 12.9. The Bertz CT molecular complexity index is 820. The molecule has 0 radical (unpaired) electrons. The summed E-state index contributed by atoms with van der Waals surface area (Å²) in [6.07, 6.45) is 3.83. The second-order valence-electron chi connectivity index (χ2n) is 6.98. The van der Waals surface area contributed by atoms with E-state index in [0.717, 1.165) is 48.3 Å². The summed E-state index contributed by atoms with van der Waals surface area (Å²) in [6, 6.07) is 7.60. The van der Waals surface area contributed by atoms with E-state index in [1.165, 1.54) is 0 Å². The molecule has 2 N–H and O–H groups in total. The molecule has 0 bridgehead atoms. The average Bonchev–Trinajstić information content (AvgIpc) is 3.28. The highest BCUT2D eigenvalue weighted by Gasteiger charge is 2.39. The molecule has 2 aromatic rings. The minimum absolute atomic E-state index is 0.221. The van der Waals surface area contributed by atoms with Crippen molar-refractivity contribution in [2.24, 2.45) is 0 Å². The van der Waals surface area contributed by atoms with Crippen LogP contribution >= 0.6 is 0 Å². The molecule has 1 saturated carbocycles. The first kappa shape index (κ1) is 17.0. The van der Waals surface area contributed by atoms with Gasteiger partial charge in [0.15, 0.2) is 17.3 Å². The van der Waals surface area contributed by atoms with Gasteiger partial charge in [0.1, 0.15) is 25.6 Å². The number of rotatable bonds is 4.